The lowest BCUT2D eigenvalue weighted by atomic mass is 9.87. The van der Waals surface area contributed by atoms with Gasteiger partial charge in [0.15, 0.2) is 0 Å². The fourth-order valence-corrected chi connectivity index (χ4v) is 2.72. The number of halogens is 2. The van der Waals surface area contributed by atoms with Gasteiger partial charge in [0.25, 0.3) is 0 Å². The lowest BCUT2D eigenvalue weighted by Gasteiger charge is -2.41. The van der Waals surface area contributed by atoms with E-state index in [-0.39, 0.29) is 5.84 Å². The molecule has 5 nitrogen and oxygen atoms in total. The van der Waals surface area contributed by atoms with Crippen LogP contribution in [-0.4, -0.2) is 27.9 Å². The number of ether oxygens (including phenoxy) is 1. The van der Waals surface area contributed by atoms with Crippen LogP contribution in [0.1, 0.15) is 39.3 Å². The molecule has 0 radical (unpaired) electrons. The minimum atomic E-state index is -0.930. The largest absolute Gasteiger partial charge is 0.485 e. The number of aliphatic hydroxyl groups is 1. The molecule has 0 fully saturated rings. The van der Waals surface area contributed by atoms with Gasteiger partial charge in [-0.1, -0.05) is 29.3 Å². The average Bonchev–Trinajstić information content (AvgIpc) is 2.49. The van der Waals surface area contributed by atoms with Gasteiger partial charge < -0.3 is 9.84 Å². The Bertz CT molecular complexity index is 672. The van der Waals surface area contributed by atoms with Gasteiger partial charge in [0.1, 0.15) is 29.3 Å². The number of allylic oxidation sites excluding steroid dienone is 1. The van der Waals surface area contributed by atoms with E-state index >= 15 is 0 Å². The van der Waals surface area contributed by atoms with E-state index in [2.05, 4.69) is 10.5 Å². The maximum absolute atomic E-state index is 10.7. The first kappa shape index (κ1) is 18.1. The van der Waals surface area contributed by atoms with E-state index in [1.54, 1.807) is 39.0 Å². The number of benzene rings is 1. The third kappa shape index (κ3) is 3.48. The molecule has 2 atom stereocenters. The van der Waals surface area contributed by atoms with Crippen LogP contribution in [0.2, 0.25) is 10.0 Å². The predicted octanol–water partition coefficient (Wildman–Crippen LogP) is 3.91. The van der Waals surface area contributed by atoms with Gasteiger partial charge in [-0.3, -0.25) is 15.7 Å². The second-order valence-corrected chi connectivity index (χ2v) is 6.77. The Balaban J connectivity index is 2.62. The van der Waals surface area contributed by atoms with Gasteiger partial charge in [-0.15, -0.1) is 0 Å². The number of hydrogen-bond acceptors (Lipinski definition) is 4. The minimum absolute atomic E-state index is 0.270. The first-order chi connectivity index (χ1) is 10.7. The summed E-state index contributed by atoms with van der Waals surface area (Å²) < 4.78 is 5.84. The lowest BCUT2D eigenvalue weighted by molar-refractivity contribution is -0.0568. The first-order valence-electron chi connectivity index (χ1n) is 7.18. The number of aliphatic hydroxyl groups excluding tert-OH is 1. The molecule has 1 aliphatic rings. The summed E-state index contributed by atoms with van der Waals surface area (Å²) in [5, 5.41) is 20.7. The normalized spacial score (nSPS) is 24.0. The molecule has 1 aromatic rings. The highest BCUT2D eigenvalue weighted by atomic mass is 35.5. The maximum Gasteiger partial charge on any atom is 0.148 e. The molecule has 1 aromatic carbocycles. The number of aliphatic imine (C=N–C) groups is 1. The standard InChI is InChI=1S/C16H20Cl2N2O3/c1-5-8(2)15(20-22)19-13-9-6-10(17)11(18)7-12(9)23-16(3,4)14(13)21/h5-7,13-14,21-22H,1-4H3,(H,19,20)/b8-5+/t13-,14+/m1/s1. The summed E-state index contributed by atoms with van der Waals surface area (Å²) in [6, 6.07) is 2.59. The van der Waals surface area contributed by atoms with Crippen molar-refractivity contribution in [1.82, 2.24) is 5.48 Å². The van der Waals surface area contributed by atoms with Crippen molar-refractivity contribution in [2.75, 3.05) is 0 Å². The Kier molecular flexibility index (Phi) is 5.26. The highest BCUT2D eigenvalue weighted by Crippen LogP contribution is 2.45. The monoisotopic (exact) mass is 358 g/mol. The molecule has 0 saturated carbocycles. The van der Waals surface area contributed by atoms with Crippen LogP contribution in [0.5, 0.6) is 5.75 Å². The van der Waals surface area contributed by atoms with Gasteiger partial charge in [0.2, 0.25) is 0 Å². The third-order valence-electron chi connectivity index (χ3n) is 3.94. The average molecular weight is 359 g/mol. The van der Waals surface area contributed by atoms with Crippen LogP contribution in [0.3, 0.4) is 0 Å². The number of nitrogens with zero attached hydrogens (tertiary/aromatic N) is 1. The van der Waals surface area contributed by atoms with E-state index in [9.17, 15) is 10.3 Å². The zero-order valence-electron chi connectivity index (χ0n) is 13.4. The summed E-state index contributed by atoms with van der Waals surface area (Å²) in [6.07, 6.45) is 0.870. The SMILES string of the molecule is C/C=C(\C)C(=N[C@@H]1c2cc(Cl)c(Cl)cc2OC(C)(C)[C@H]1O)NO. The molecule has 1 heterocycles. The number of rotatable bonds is 2. The van der Waals surface area contributed by atoms with Gasteiger partial charge >= 0.3 is 0 Å². The summed E-state index contributed by atoms with van der Waals surface area (Å²) in [5.41, 5.74) is 2.56. The number of hydrogen-bond donors (Lipinski definition) is 3. The van der Waals surface area contributed by atoms with Gasteiger partial charge in [0.05, 0.1) is 10.0 Å². The molecular formula is C16H20Cl2N2O3. The molecule has 0 saturated heterocycles. The fourth-order valence-electron chi connectivity index (χ4n) is 2.39. The van der Waals surface area contributed by atoms with Crippen LogP contribution in [0, 0.1) is 0 Å². The first-order valence-corrected chi connectivity index (χ1v) is 7.94. The Labute approximate surface area is 145 Å². The molecule has 2 rings (SSSR count). The molecule has 0 aliphatic carbocycles. The van der Waals surface area contributed by atoms with Gasteiger partial charge in [-0.05, 0) is 39.3 Å². The Hall–Kier alpha value is -1.27. The molecule has 23 heavy (non-hydrogen) atoms. The van der Waals surface area contributed by atoms with Crippen molar-refractivity contribution in [3.05, 3.63) is 39.4 Å². The summed E-state index contributed by atoms with van der Waals surface area (Å²) in [7, 11) is 0. The van der Waals surface area contributed by atoms with Crippen LogP contribution in [-0.2, 0) is 0 Å². The van der Waals surface area contributed by atoms with Crippen molar-refractivity contribution in [3.63, 3.8) is 0 Å². The van der Waals surface area contributed by atoms with E-state index < -0.39 is 17.7 Å². The molecular weight excluding hydrogens is 339 g/mol. The second-order valence-electron chi connectivity index (χ2n) is 5.96. The molecule has 0 aromatic heterocycles. The molecule has 0 spiro atoms. The Morgan fingerprint density at radius 1 is 1.35 bits per heavy atom. The molecule has 3 N–H and O–H groups in total. The van der Waals surface area contributed by atoms with E-state index in [1.165, 1.54) is 0 Å². The molecule has 0 bridgehead atoms. The van der Waals surface area contributed by atoms with Crippen molar-refractivity contribution >= 4 is 29.0 Å². The van der Waals surface area contributed by atoms with E-state index in [1.807, 2.05) is 6.92 Å². The van der Waals surface area contributed by atoms with Gasteiger partial charge in [0, 0.05) is 11.6 Å². The highest BCUT2D eigenvalue weighted by molar-refractivity contribution is 6.42. The minimum Gasteiger partial charge on any atom is -0.485 e. The number of amidine groups is 1. The smallest absolute Gasteiger partial charge is 0.148 e. The predicted molar refractivity (Wildman–Crippen MR) is 91.7 cm³/mol. The molecule has 1 aliphatic heterocycles. The fraction of sp³-hybridized carbons (Fsp3) is 0.438. The zero-order chi connectivity index (χ0) is 17.4. The quantitative estimate of drug-likeness (QED) is 0.425. The Morgan fingerprint density at radius 2 is 1.96 bits per heavy atom. The summed E-state index contributed by atoms with van der Waals surface area (Å²) >= 11 is 12.2. The van der Waals surface area contributed by atoms with Crippen LogP contribution < -0.4 is 10.2 Å². The summed E-state index contributed by atoms with van der Waals surface area (Å²) in [4.78, 5) is 4.47. The Morgan fingerprint density at radius 3 is 2.52 bits per heavy atom. The molecule has 126 valence electrons. The lowest BCUT2D eigenvalue weighted by Crippen LogP contribution is -2.48. The topological polar surface area (TPSA) is 74.1 Å². The highest BCUT2D eigenvalue weighted by Gasteiger charge is 2.43. The zero-order valence-corrected chi connectivity index (χ0v) is 14.9. The van der Waals surface area contributed by atoms with Gasteiger partial charge in [-0.2, -0.15) is 0 Å². The van der Waals surface area contributed by atoms with Crippen molar-refractivity contribution in [2.24, 2.45) is 4.99 Å². The van der Waals surface area contributed by atoms with Crippen LogP contribution in [0.15, 0.2) is 28.8 Å². The molecule has 0 unspecified atom stereocenters. The van der Waals surface area contributed by atoms with Gasteiger partial charge in [-0.25, -0.2) is 0 Å². The van der Waals surface area contributed by atoms with E-state index in [0.717, 1.165) is 5.57 Å². The molecule has 0 amide bonds. The maximum atomic E-state index is 10.7. The number of fused-ring (bicyclic) bond motifs is 1. The van der Waals surface area contributed by atoms with E-state index in [4.69, 9.17) is 27.9 Å². The summed E-state index contributed by atoms with van der Waals surface area (Å²) in [5.74, 6) is 0.783. The van der Waals surface area contributed by atoms with Crippen molar-refractivity contribution in [1.29, 1.82) is 0 Å². The summed E-state index contributed by atoms with van der Waals surface area (Å²) in [6.45, 7) is 7.16. The second kappa shape index (κ2) is 6.69. The van der Waals surface area contributed by atoms with Crippen molar-refractivity contribution in [3.8, 4) is 5.75 Å². The van der Waals surface area contributed by atoms with Crippen LogP contribution in [0.4, 0.5) is 0 Å². The third-order valence-corrected chi connectivity index (χ3v) is 4.66. The molecule has 7 heteroatoms. The number of hydroxylamine groups is 1. The van der Waals surface area contributed by atoms with Crippen molar-refractivity contribution < 1.29 is 15.1 Å². The number of nitrogens with one attached hydrogen (secondary N) is 1. The van der Waals surface area contributed by atoms with Crippen molar-refractivity contribution in [2.45, 2.75) is 45.4 Å². The van der Waals surface area contributed by atoms with Crippen LogP contribution in [0.25, 0.3) is 0 Å². The van der Waals surface area contributed by atoms with E-state index in [0.29, 0.717) is 21.4 Å². The van der Waals surface area contributed by atoms with Crippen LogP contribution >= 0.6 is 23.2 Å².